The van der Waals surface area contributed by atoms with Gasteiger partial charge in [0.25, 0.3) is 0 Å². The van der Waals surface area contributed by atoms with Crippen molar-refractivity contribution in [2.45, 2.75) is 25.7 Å². The maximum absolute atomic E-state index is 12.5. The second-order valence-electron chi connectivity index (χ2n) is 7.27. The molecule has 3 rings (SSSR count). The van der Waals surface area contributed by atoms with Crippen molar-refractivity contribution in [2.75, 3.05) is 32.8 Å². The molecule has 0 atom stereocenters. The predicted octanol–water partition coefficient (Wildman–Crippen LogP) is 4.46. The first-order valence-electron chi connectivity index (χ1n) is 10.2. The van der Waals surface area contributed by atoms with Crippen LogP contribution in [0.4, 0.5) is 0 Å². The third-order valence-electron chi connectivity index (χ3n) is 5.16. The van der Waals surface area contributed by atoms with Gasteiger partial charge in [0.05, 0.1) is 11.6 Å². The van der Waals surface area contributed by atoms with Gasteiger partial charge in [-0.2, -0.15) is 0 Å². The topological polar surface area (TPSA) is 49.9 Å². The van der Waals surface area contributed by atoms with E-state index in [0.29, 0.717) is 74.3 Å². The third-order valence-corrected chi connectivity index (χ3v) is 5.72. The number of hydrogen-bond donors (Lipinski definition) is 0. The number of nitrogens with zero attached hydrogens (tertiary/aromatic N) is 2. The molecule has 0 spiro atoms. The van der Waals surface area contributed by atoms with Crippen LogP contribution in [0.3, 0.4) is 0 Å². The summed E-state index contributed by atoms with van der Waals surface area (Å²) in [6.45, 7) is 2.77. The molecule has 0 unspecified atom stereocenters. The van der Waals surface area contributed by atoms with E-state index in [9.17, 15) is 9.59 Å². The van der Waals surface area contributed by atoms with E-state index in [0.717, 1.165) is 5.56 Å². The second-order valence-corrected chi connectivity index (χ2v) is 8.11. The number of carbonyl (C=O) groups excluding carboxylic acids is 2. The standard InChI is InChI=1S/C23H26Cl2N2O3/c24-19-10-7-18(8-11-19)9-12-23(29)27-15-13-26(14-16-27)22(28)6-3-17-30-21-5-2-1-4-20(21)25/h1-2,4-5,7-8,10-11H,3,6,9,12-17H2. The largest absolute Gasteiger partial charge is 0.492 e. The highest BCUT2D eigenvalue weighted by molar-refractivity contribution is 6.32. The van der Waals surface area contributed by atoms with E-state index in [1.54, 1.807) is 6.07 Å². The van der Waals surface area contributed by atoms with Gasteiger partial charge in [0.1, 0.15) is 5.75 Å². The molecule has 1 fully saturated rings. The Balaban J connectivity index is 1.33. The molecule has 30 heavy (non-hydrogen) atoms. The summed E-state index contributed by atoms with van der Waals surface area (Å²) in [5, 5.41) is 1.27. The lowest BCUT2D eigenvalue weighted by Crippen LogP contribution is -2.50. The normalized spacial score (nSPS) is 13.9. The molecule has 5 nitrogen and oxygen atoms in total. The summed E-state index contributed by atoms with van der Waals surface area (Å²) in [7, 11) is 0. The molecular weight excluding hydrogens is 423 g/mol. The first kappa shape index (κ1) is 22.4. The van der Waals surface area contributed by atoms with E-state index in [4.69, 9.17) is 27.9 Å². The molecule has 2 aromatic carbocycles. The summed E-state index contributed by atoms with van der Waals surface area (Å²) in [6.07, 6.45) is 2.22. The number of halogens is 2. The highest BCUT2D eigenvalue weighted by Gasteiger charge is 2.23. The minimum absolute atomic E-state index is 0.103. The predicted molar refractivity (Wildman–Crippen MR) is 119 cm³/mol. The number of para-hydroxylation sites is 1. The van der Waals surface area contributed by atoms with E-state index in [1.807, 2.05) is 52.3 Å². The van der Waals surface area contributed by atoms with Crippen LogP contribution in [-0.4, -0.2) is 54.4 Å². The van der Waals surface area contributed by atoms with Crippen molar-refractivity contribution in [3.05, 3.63) is 64.1 Å². The number of aryl methyl sites for hydroxylation is 1. The number of carbonyl (C=O) groups is 2. The van der Waals surface area contributed by atoms with E-state index >= 15 is 0 Å². The van der Waals surface area contributed by atoms with Crippen molar-refractivity contribution in [1.29, 1.82) is 0 Å². The Bertz CT molecular complexity index is 850. The zero-order valence-corrected chi connectivity index (χ0v) is 18.4. The lowest BCUT2D eigenvalue weighted by atomic mass is 10.1. The monoisotopic (exact) mass is 448 g/mol. The van der Waals surface area contributed by atoms with Crippen molar-refractivity contribution in [1.82, 2.24) is 9.80 Å². The van der Waals surface area contributed by atoms with E-state index in [2.05, 4.69) is 0 Å². The van der Waals surface area contributed by atoms with Crippen molar-refractivity contribution in [2.24, 2.45) is 0 Å². The third kappa shape index (κ3) is 6.64. The molecule has 1 saturated heterocycles. The fourth-order valence-corrected chi connectivity index (χ4v) is 3.71. The van der Waals surface area contributed by atoms with Crippen LogP contribution < -0.4 is 4.74 Å². The Kier molecular flexibility index (Phi) is 8.40. The maximum atomic E-state index is 12.5. The van der Waals surface area contributed by atoms with Gasteiger partial charge in [-0.25, -0.2) is 0 Å². The minimum Gasteiger partial charge on any atom is -0.492 e. The van der Waals surface area contributed by atoms with Crippen LogP contribution in [0.15, 0.2) is 48.5 Å². The number of piperazine rings is 1. The average molecular weight is 449 g/mol. The van der Waals surface area contributed by atoms with Crippen LogP contribution in [0.5, 0.6) is 5.75 Å². The lowest BCUT2D eigenvalue weighted by molar-refractivity contribution is -0.139. The van der Waals surface area contributed by atoms with Crippen molar-refractivity contribution in [3.63, 3.8) is 0 Å². The molecule has 1 aliphatic rings. The van der Waals surface area contributed by atoms with E-state index in [1.165, 1.54) is 0 Å². The zero-order valence-electron chi connectivity index (χ0n) is 16.9. The summed E-state index contributed by atoms with van der Waals surface area (Å²) in [5.74, 6) is 0.869. The molecule has 0 saturated carbocycles. The van der Waals surface area contributed by atoms with Crippen LogP contribution in [-0.2, 0) is 16.0 Å². The molecule has 0 aromatic heterocycles. The molecular formula is C23H26Cl2N2O3. The second kappa shape index (κ2) is 11.2. The van der Waals surface area contributed by atoms with Gasteiger partial charge >= 0.3 is 0 Å². The van der Waals surface area contributed by atoms with E-state index < -0.39 is 0 Å². The van der Waals surface area contributed by atoms with E-state index in [-0.39, 0.29) is 11.8 Å². The molecule has 160 valence electrons. The maximum Gasteiger partial charge on any atom is 0.223 e. The Labute approximate surface area is 187 Å². The van der Waals surface area contributed by atoms with Gasteiger partial charge in [-0.15, -0.1) is 0 Å². The zero-order chi connectivity index (χ0) is 21.3. The lowest BCUT2D eigenvalue weighted by Gasteiger charge is -2.35. The highest BCUT2D eigenvalue weighted by atomic mass is 35.5. The molecule has 0 radical (unpaired) electrons. The number of benzene rings is 2. The van der Waals surface area contributed by atoms with Crippen LogP contribution in [0.25, 0.3) is 0 Å². The number of hydrogen-bond acceptors (Lipinski definition) is 3. The first-order valence-corrected chi connectivity index (χ1v) is 11.0. The van der Waals surface area contributed by atoms with Gasteiger partial charge in [0.2, 0.25) is 11.8 Å². The number of amides is 2. The fourth-order valence-electron chi connectivity index (χ4n) is 3.39. The summed E-state index contributed by atoms with van der Waals surface area (Å²) < 4.78 is 5.63. The smallest absolute Gasteiger partial charge is 0.223 e. The van der Waals surface area contributed by atoms with Crippen LogP contribution >= 0.6 is 23.2 Å². The Hall–Kier alpha value is -2.24. The van der Waals surface area contributed by atoms with Crippen molar-refractivity contribution in [3.8, 4) is 5.75 Å². The van der Waals surface area contributed by atoms with Gasteiger partial charge in [-0.1, -0.05) is 47.5 Å². The van der Waals surface area contributed by atoms with Gasteiger partial charge < -0.3 is 14.5 Å². The highest BCUT2D eigenvalue weighted by Crippen LogP contribution is 2.23. The number of ether oxygens (including phenoxy) is 1. The minimum atomic E-state index is 0.103. The summed E-state index contributed by atoms with van der Waals surface area (Å²) >= 11 is 11.9. The van der Waals surface area contributed by atoms with Gasteiger partial charge in [0.15, 0.2) is 0 Å². The Morgan fingerprint density at radius 3 is 2.07 bits per heavy atom. The molecule has 0 bridgehead atoms. The molecule has 2 aromatic rings. The van der Waals surface area contributed by atoms with Gasteiger partial charge in [0, 0.05) is 44.0 Å². The quantitative estimate of drug-likeness (QED) is 0.560. The van der Waals surface area contributed by atoms with Gasteiger partial charge in [-0.05, 0) is 42.7 Å². The molecule has 0 aliphatic carbocycles. The summed E-state index contributed by atoms with van der Waals surface area (Å²) in [6, 6.07) is 14.9. The Morgan fingerprint density at radius 2 is 1.43 bits per heavy atom. The molecule has 1 heterocycles. The summed E-state index contributed by atoms with van der Waals surface area (Å²) in [5.41, 5.74) is 1.10. The van der Waals surface area contributed by atoms with Gasteiger partial charge in [-0.3, -0.25) is 9.59 Å². The molecule has 0 N–H and O–H groups in total. The Morgan fingerprint density at radius 1 is 0.833 bits per heavy atom. The average Bonchev–Trinajstić information content (AvgIpc) is 2.77. The summed E-state index contributed by atoms with van der Waals surface area (Å²) in [4.78, 5) is 28.6. The van der Waals surface area contributed by atoms with Crippen LogP contribution in [0.2, 0.25) is 10.0 Å². The van der Waals surface area contributed by atoms with Crippen LogP contribution in [0.1, 0.15) is 24.8 Å². The SMILES string of the molecule is O=C(CCCOc1ccccc1Cl)N1CCN(C(=O)CCc2ccc(Cl)cc2)CC1. The van der Waals surface area contributed by atoms with Crippen molar-refractivity contribution >= 4 is 35.0 Å². The number of rotatable bonds is 8. The molecule has 1 aliphatic heterocycles. The molecule has 2 amide bonds. The fraction of sp³-hybridized carbons (Fsp3) is 0.391. The van der Waals surface area contributed by atoms with Crippen molar-refractivity contribution < 1.29 is 14.3 Å². The first-order chi connectivity index (χ1) is 14.5. The van der Waals surface area contributed by atoms with Crippen LogP contribution in [0, 0.1) is 0 Å². The molecule has 7 heteroatoms.